The summed E-state index contributed by atoms with van der Waals surface area (Å²) in [6.07, 6.45) is 9.60. The van der Waals surface area contributed by atoms with Gasteiger partial charge in [0, 0.05) is 18.9 Å². The van der Waals surface area contributed by atoms with Gasteiger partial charge in [0.1, 0.15) is 12.9 Å². The second-order valence-corrected chi connectivity index (χ2v) is 5.72. The summed E-state index contributed by atoms with van der Waals surface area (Å²) < 4.78 is 0. The van der Waals surface area contributed by atoms with Crippen LogP contribution in [0.25, 0.3) is 0 Å². The number of nitrogens with zero attached hydrogens (tertiary/aromatic N) is 3. The van der Waals surface area contributed by atoms with Crippen LogP contribution in [0.1, 0.15) is 42.5 Å². The molecule has 1 aliphatic carbocycles. The molecule has 0 aromatic carbocycles. The summed E-state index contributed by atoms with van der Waals surface area (Å²) in [5, 5.41) is 14.0. The molecule has 7 heteroatoms. The SMILES string of the molecule is N#CCNC(=O)C(CNC(=O)c1cncnc1)C1CCCCC1. The molecule has 2 N–H and O–H groups in total. The van der Waals surface area contributed by atoms with Crippen molar-refractivity contribution in [1.29, 1.82) is 5.26 Å². The largest absolute Gasteiger partial charge is 0.351 e. The van der Waals surface area contributed by atoms with Crippen LogP contribution in [-0.2, 0) is 4.79 Å². The molecular weight excluding hydrogens is 294 g/mol. The molecule has 122 valence electrons. The third-order valence-corrected chi connectivity index (χ3v) is 4.20. The fourth-order valence-electron chi connectivity index (χ4n) is 2.99. The van der Waals surface area contributed by atoms with Crippen LogP contribution < -0.4 is 10.6 Å². The fourth-order valence-corrected chi connectivity index (χ4v) is 2.99. The molecule has 1 aromatic heterocycles. The van der Waals surface area contributed by atoms with E-state index in [1.165, 1.54) is 25.1 Å². The van der Waals surface area contributed by atoms with E-state index in [4.69, 9.17) is 5.26 Å². The summed E-state index contributed by atoms with van der Waals surface area (Å²) in [5.41, 5.74) is 0.368. The topological polar surface area (TPSA) is 108 Å². The number of aromatic nitrogens is 2. The lowest BCUT2D eigenvalue weighted by Crippen LogP contribution is -2.43. The first kappa shape index (κ1) is 16.9. The second-order valence-electron chi connectivity index (χ2n) is 5.72. The molecule has 23 heavy (non-hydrogen) atoms. The molecule has 0 radical (unpaired) electrons. The number of hydrogen-bond donors (Lipinski definition) is 2. The number of rotatable bonds is 6. The zero-order chi connectivity index (χ0) is 16.5. The fraction of sp³-hybridized carbons (Fsp3) is 0.562. The molecule has 1 unspecified atom stereocenters. The number of carbonyl (C=O) groups is 2. The van der Waals surface area contributed by atoms with Crippen LogP contribution in [0.15, 0.2) is 18.7 Å². The Morgan fingerprint density at radius 2 is 1.91 bits per heavy atom. The van der Waals surface area contributed by atoms with E-state index in [2.05, 4.69) is 20.6 Å². The Morgan fingerprint density at radius 1 is 1.22 bits per heavy atom. The van der Waals surface area contributed by atoms with Gasteiger partial charge in [-0.1, -0.05) is 19.3 Å². The molecule has 1 saturated carbocycles. The van der Waals surface area contributed by atoms with E-state index in [9.17, 15) is 9.59 Å². The Balaban J connectivity index is 1.97. The Hall–Kier alpha value is -2.49. The average Bonchev–Trinajstić information content (AvgIpc) is 2.61. The van der Waals surface area contributed by atoms with Gasteiger partial charge in [-0.25, -0.2) is 9.97 Å². The monoisotopic (exact) mass is 315 g/mol. The van der Waals surface area contributed by atoms with Gasteiger partial charge in [-0.2, -0.15) is 5.26 Å². The van der Waals surface area contributed by atoms with E-state index in [-0.39, 0.29) is 36.7 Å². The molecule has 0 bridgehead atoms. The zero-order valence-corrected chi connectivity index (χ0v) is 13.0. The van der Waals surface area contributed by atoms with Crippen molar-refractivity contribution in [2.45, 2.75) is 32.1 Å². The predicted molar refractivity (Wildman–Crippen MR) is 83.1 cm³/mol. The lowest BCUT2D eigenvalue weighted by Gasteiger charge is -2.29. The molecule has 2 rings (SSSR count). The first-order valence-electron chi connectivity index (χ1n) is 7.90. The van der Waals surface area contributed by atoms with Crippen molar-refractivity contribution in [2.75, 3.05) is 13.1 Å². The van der Waals surface area contributed by atoms with Gasteiger partial charge in [0.05, 0.1) is 17.6 Å². The maximum absolute atomic E-state index is 12.3. The molecule has 1 aromatic rings. The van der Waals surface area contributed by atoms with Gasteiger partial charge in [0.25, 0.3) is 5.91 Å². The molecule has 1 fully saturated rings. The normalized spacial score (nSPS) is 16.1. The van der Waals surface area contributed by atoms with Crippen LogP contribution in [0.5, 0.6) is 0 Å². The highest BCUT2D eigenvalue weighted by molar-refractivity contribution is 5.93. The Morgan fingerprint density at radius 3 is 2.57 bits per heavy atom. The molecule has 0 spiro atoms. The van der Waals surface area contributed by atoms with Crippen molar-refractivity contribution < 1.29 is 9.59 Å². The van der Waals surface area contributed by atoms with E-state index < -0.39 is 0 Å². The minimum Gasteiger partial charge on any atom is -0.351 e. The van der Waals surface area contributed by atoms with Crippen LogP contribution in [0.3, 0.4) is 0 Å². The van der Waals surface area contributed by atoms with Crippen LogP contribution in [0, 0.1) is 23.2 Å². The molecule has 0 aliphatic heterocycles. The van der Waals surface area contributed by atoms with Gasteiger partial charge in [0.2, 0.25) is 5.91 Å². The zero-order valence-electron chi connectivity index (χ0n) is 13.0. The third-order valence-electron chi connectivity index (χ3n) is 4.20. The van der Waals surface area contributed by atoms with Gasteiger partial charge >= 0.3 is 0 Å². The summed E-state index contributed by atoms with van der Waals surface area (Å²) in [7, 11) is 0. The van der Waals surface area contributed by atoms with Crippen molar-refractivity contribution in [2.24, 2.45) is 11.8 Å². The van der Waals surface area contributed by atoms with E-state index in [0.717, 1.165) is 25.7 Å². The van der Waals surface area contributed by atoms with Gasteiger partial charge in [-0.3, -0.25) is 9.59 Å². The van der Waals surface area contributed by atoms with Gasteiger partial charge in [-0.05, 0) is 18.8 Å². The minimum atomic E-state index is -0.308. The second kappa shape index (κ2) is 8.83. The summed E-state index contributed by atoms with van der Waals surface area (Å²) in [6, 6.07) is 1.91. The van der Waals surface area contributed by atoms with Crippen molar-refractivity contribution in [1.82, 2.24) is 20.6 Å². The molecule has 1 atom stereocenters. The number of hydrogen-bond acceptors (Lipinski definition) is 5. The van der Waals surface area contributed by atoms with Gasteiger partial charge in [-0.15, -0.1) is 0 Å². The summed E-state index contributed by atoms with van der Waals surface area (Å²) in [6.45, 7) is 0.248. The van der Waals surface area contributed by atoms with Crippen molar-refractivity contribution in [3.05, 3.63) is 24.3 Å². The summed E-state index contributed by atoms with van der Waals surface area (Å²) >= 11 is 0. The lowest BCUT2D eigenvalue weighted by molar-refractivity contribution is -0.126. The predicted octanol–water partition coefficient (Wildman–Crippen LogP) is 1.04. The first-order valence-corrected chi connectivity index (χ1v) is 7.90. The van der Waals surface area contributed by atoms with Crippen LogP contribution in [0.2, 0.25) is 0 Å². The molecule has 2 amide bonds. The van der Waals surface area contributed by atoms with Gasteiger partial charge < -0.3 is 10.6 Å². The van der Waals surface area contributed by atoms with E-state index >= 15 is 0 Å². The number of nitrogens with one attached hydrogen (secondary N) is 2. The Labute approximate surface area is 135 Å². The first-order chi connectivity index (χ1) is 11.2. The quantitative estimate of drug-likeness (QED) is 0.763. The average molecular weight is 315 g/mol. The van der Waals surface area contributed by atoms with Crippen molar-refractivity contribution in [3.63, 3.8) is 0 Å². The highest BCUT2D eigenvalue weighted by atomic mass is 16.2. The van der Waals surface area contributed by atoms with E-state index in [1.807, 2.05) is 6.07 Å². The molecule has 1 aliphatic rings. The molecule has 0 saturated heterocycles. The molecular formula is C16H21N5O2. The number of amides is 2. The Bertz CT molecular complexity index is 564. The third kappa shape index (κ3) is 5.02. The number of carbonyl (C=O) groups excluding carboxylic acids is 2. The van der Waals surface area contributed by atoms with E-state index in [0.29, 0.717) is 5.56 Å². The van der Waals surface area contributed by atoms with Crippen molar-refractivity contribution in [3.8, 4) is 6.07 Å². The highest BCUT2D eigenvalue weighted by Crippen LogP contribution is 2.30. The van der Waals surface area contributed by atoms with Crippen LogP contribution >= 0.6 is 0 Å². The van der Waals surface area contributed by atoms with Gasteiger partial charge in [0.15, 0.2) is 0 Å². The maximum atomic E-state index is 12.3. The smallest absolute Gasteiger partial charge is 0.254 e. The summed E-state index contributed by atoms with van der Waals surface area (Å²) in [5.74, 6) is -0.519. The standard InChI is InChI=1S/C16H21N5O2/c17-6-7-20-16(23)14(12-4-2-1-3-5-12)10-21-15(22)13-8-18-11-19-9-13/h8-9,11-12,14H,1-5,7,10H2,(H,20,23)(H,21,22). The minimum absolute atomic E-state index is 0.0114. The van der Waals surface area contributed by atoms with E-state index in [1.54, 1.807) is 0 Å². The molecule has 7 nitrogen and oxygen atoms in total. The lowest BCUT2D eigenvalue weighted by atomic mass is 9.79. The Kier molecular flexibility index (Phi) is 6.48. The maximum Gasteiger partial charge on any atom is 0.254 e. The van der Waals surface area contributed by atoms with Crippen LogP contribution in [0.4, 0.5) is 0 Å². The summed E-state index contributed by atoms with van der Waals surface area (Å²) in [4.78, 5) is 32.0. The molecule has 1 heterocycles. The highest BCUT2D eigenvalue weighted by Gasteiger charge is 2.29. The van der Waals surface area contributed by atoms with Crippen LogP contribution in [-0.4, -0.2) is 34.9 Å². The van der Waals surface area contributed by atoms with Crippen molar-refractivity contribution >= 4 is 11.8 Å². The number of nitriles is 1.